The third-order valence-electron chi connectivity index (χ3n) is 3.73. The van der Waals surface area contributed by atoms with Crippen LogP contribution in [-0.2, 0) is 19.6 Å². The molecule has 0 N–H and O–H groups in total. The highest BCUT2D eigenvalue weighted by Crippen LogP contribution is 2.29. The van der Waals surface area contributed by atoms with Crippen molar-refractivity contribution >= 4 is 38.0 Å². The van der Waals surface area contributed by atoms with Gasteiger partial charge < -0.3 is 4.74 Å². The molecule has 1 atom stereocenters. The van der Waals surface area contributed by atoms with E-state index in [9.17, 15) is 18.0 Å². The van der Waals surface area contributed by atoms with Gasteiger partial charge in [-0.05, 0) is 34.5 Å². The molecule has 2 aliphatic heterocycles. The average Bonchev–Trinajstić information content (AvgIpc) is 3.06. The summed E-state index contributed by atoms with van der Waals surface area (Å²) in [7, 11) is -3.67. The van der Waals surface area contributed by atoms with Crippen LogP contribution in [-0.4, -0.2) is 55.4 Å². The second kappa shape index (κ2) is 5.64. The molecule has 2 amide bonds. The van der Waals surface area contributed by atoms with Crippen molar-refractivity contribution in [3.8, 4) is 0 Å². The van der Waals surface area contributed by atoms with Crippen LogP contribution in [0.25, 0.3) is 0 Å². The monoisotopic (exact) mass is 388 g/mol. The molecule has 0 radical (unpaired) electrons. The maximum absolute atomic E-state index is 12.7. The van der Waals surface area contributed by atoms with E-state index in [0.717, 1.165) is 4.90 Å². The highest BCUT2D eigenvalue weighted by molar-refractivity contribution is 9.10. The van der Waals surface area contributed by atoms with E-state index in [1.54, 1.807) is 18.2 Å². The van der Waals surface area contributed by atoms with Gasteiger partial charge in [0.25, 0.3) is 5.91 Å². The lowest BCUT2D eigenvalue weighted by atomic mass is 10.2. The van der Waals surface area contributed by atoms with Crippen LogP contribution in [0, 0.1) is 0 Å². The van der Waals surface area contributed by atoms with Crippen LogP contribution >= 0.6 is 15.9 Å². The first-order valence-corrected chi connectivity index (χ1v) is 8.88. The van der Waals surface area contributed by atoms with Gasteiger partial charge in [0.15, 0.2) is 6.61 Å². The van der Waals surface area contributed by atoms with Gasteiger partial charge in [-0.1, -0.05) is 12.1 Å². The number of imide groups is 1. The molecular formula is C13H13BrN2O5S. The maximum Gasteiger partial charge on any atom is 0.417 e. The SMILES string of the molecule is O=C1COC(=O)N1C1CCN(S(=O)(=O)c2ccccc2Br)C1. The first-order chi connectivity index (χ1) is 10.4. The second-order valence-electron chi connectivity index (χ2n) is 5.05. The number of hydrogen-bond acceptors (Lipinski definition) is 5. The van der Waals surface area contributed by atoms with Gasteiger partial charge in [-0.2, -0.15) is 4.31 Å². The van der Waals surface area contributed by atoms with Crippen LogP contribution in [0.5, 0.6) is 0 Å². The first-order valence-electron chi connectivity index (χ1n) is 6.65. The van der Waals surface area contributed by atoms with Crippen LogP contribution in [0.2, 0.25) is 0 Å². The van der Waals surface area contributed by atoms with Crippen molar-refractivity contribution in [3.63, 3.8) is 0 Å². The second-order valence-corrected chi connectivity index (χ2v) is 7.81. The minimum atomic E-state index is -3.67. The molecule has 9 heteroatoms. The number of hydrogen-bond donors (Lipinski definition) is 0. The van der Waals surface area contributed by atoms with E-state index >= 15 is 0 Å². The molecule has 7 nitrogen and oxygen atoms in total. The van der Waals surface area contributed by atoms with E-state index in [0.29, 0.717) is 10.9 Å². The van der Waals surface area contributed by atoms with Gasteiger partial charge in [-0.15, -0.1) is 0 Å². The summed E-state index contributed by atoms with van der Waals surface area (Å²) in [5, 5.41) is 0. The summed E-state index contributed by atoms with van der Waals surface area (Å²) in [4.78, 5) is 24.4. The predicted octanol–water partition coefficient (Wildman–Crippen LogP) is 1.19. The lowest BCUT2D eigenvalue weighted by Gasteiger charge is -2.20. The lowest BCUT2D eigenvalue weighted by Crippen LogP contribution is -2.42. The number of benzene rings is 1. The molecule has 0 spiro atoms. The Hall–Kier alpha value is -1.45. The normalized spacial score (nSPS) is 23.1. The number of carbonyl (C=O) groups excluding carboxylic acids is 2. The van der Waals surface area contributed by atoms with Crippen molar-refractivity contribution in [1.29, 1.82) is 0 Å². The Bertz CT molecular complexity index is 720. The molecule has 2 saturated heterocycles. The number of carbonyl (C=O) groups is 2. The topological polar surface area (TPSA) is 84.0 Å². The number of nitrogens with zero attached hydrogens (tertiary/aromatic N) is 2. The highest BCUT2D eigenvalue weighted by atomic mass is 79.9. The zero-order valence-electron chi connectivity index (χ0n) is 11.4. The Labute approximate surface area is 136 Å². The first kappa shape index (κ1) is 15.4. The van der Waals surface area contributed by atoms with E-state index in [-0.39, 0.29) is 24.6 Å². The Morgan fingerprint density at radius 1 is 1.23 bits per heavy atom. The summed E-state index contributed by atoms with van der Waals surface area (Å²) in [5.41, 5.74) is 0. The molecule has 1 aromatic carbocycles. The minimum Gasteiger partial charge on any atom is -0.439 e. The van der Waals surface area contributed by atoms with Crippen molar-refractivity contribution in [1.82, 2.24) is 9.21 Å². The summed E-state index contributed by atoms with van der Waals surface area (Å²) in [6.07, 6.45) is -0.292. The van der Waals surface area contributed by atoms with Crippen molar-refractivity contribution in [2.75, 3.05) is 19.7 Å². The fourth-order valence-corrected chi connectivity index (χ4v) is 5.11. The molecule has 0 saturated carbocycles. The van der Waals surface area contributed by atoms with Crippen LogP contribution < -0.4 is 0 Å². The zero-order chi connectivity index (χ0) is 15.9. The Balaban J connectivity index is 1.82. The van der Waals surface area contributed by atoms with E-state index in [2.05, 4.69) is 20.7 Å². The summed E-state index contributed by atoms with van der Waals surface area (Å²) >= 11 is 3.24. The Kier molecular flexibility index (Phi) is 3.96. The van der Waals surface area contributed by atoms with Gasteiger partial charge in [0.05, 0.1) is 10.9 Å². The fourth-order valence-electron chi connectivity index (χ4n) is 2.65. The van der Waals surface area contributed by atoms with Gasteiger partial charge in [0, 0.05) is 17.6 Å². The molecule has 0 aliphatic carbocycles. The molecular weight excluding hydrogens is 376 g/mol. The Morgan fingerprint density at radius 3 is 2.59 bits per heavy atom. The minimum absolute atomic E-state index is 0.0878. The third kappa shape index (κ3) is 2.53. The zero-order valence-corrected chi connectivity index (χ0v) is 13.8. The number of amides is 2. The van der Waals surface area contributed by atoms with Crippen LogP contribution in [0.1, 0.15) is 6.42 Å². The molecule has 22 heavy (non-hydrogen) atoms. The van der Waals surface area contributed by atoms with Crippen LogP contribution in [0.15, 0.2) is 33.6 Å². The number of cyclic esters (lactones) is 1. The van der Waals surface area contributed by atoms with E-state index < -0.39 is 28.1 Å². The molecule has 1 unspecified atom stereocenters. The molecule has 0 bridgehead atoms. The van der Waals surface area contributed by atoms with Crippen LogP contribution in [0.3, 0.4) is 0 Å². The Morgan fingerprint density at radius 2 is 1.95 bits per heavy atom. The van der Waals surface area contributed by atoms with Crippen molar-refractivity contribution < 1.29 is 22.7 Å². The third-order valence-corrected chi connectivity index (χ3v) is 6.61. The van der Waals surface area contributed by atoms with Crippen molar-refractivity contribution in [2.45, 2.75) is 17.4 Å². The van der Waals surface area contributed by atoms with Crippen LogP contribution in [0.4, 0.5) is 4.79 Å². The summed E-state index contributed by atoms with van der Waals surface area (Å²) in [6, 6.07) is 6.07. The van der Waals surface area contributed by atoms with Gasteiger partial charge in [-0.25, -0.2) is 18.1 Å². The highest BCUT2D eigenvalue weighted by Gasteiger charge is 2.43. The molecule has 3 rings (SSSR count). The number of halogens is 1. The maximum atomic E-state index is 12.7. The lowest BCUT2D eigenvalue weighted by molar-refractivity contribution is -0.127. The summed E-state index contributed by atoms with van der Waals surface area (Å²) < 4.78 is 31.8. The average molecular weight is 389 g/mol. The number of rotatable bonds is 3. The standard InChI is InChI=1S/C13H13BrN2O5S/c14-10-3-1-2-4-11(10)22(19,20)15-6-5-9(7-15)16-12(17)8-21-13(16)18/h1-4,9H,5-8H2. The van der Waals surface area contributed by atoms with Gasteiger partial charge in [0.1, 0.15) is 0 Å². The molecule has 0 aromatic heterocycles. The molecule has 118 valence electrons. The van der Waals surface area contributed by atoms with E-state index in [1.807, 2.05) is 0 Å². The van der Waals surface area contributed by atoms with Crippen molar-refractivity contribution in [3.05, 3.63) is 28.7 Å². The largest absolute Gasteiger partial charge is 0.439 e. The van der Waals surface area contributed by atoms with Gasteiger partial charge in [0.2, 0.25) is 10.0 Å². The van der Waals surface area contributed by atoms with Gasteiger partial charge in [-0.3, -0.25) is 4.79 Å². The smallest absolute Gasteiger partial charge is 0.417 e. The molecule has 2 heterocycles. The van der Waals surface area contributed by atoms with E-state index in [1.165, 1.54) is 10.4 Å². The fraction of sp³-hybridized carbons (Fsp3) is 0.385. The molecule has 1 aromatic rings. The van der Waals surface area contributed by atoms with E-state index in [4.69, 9.17) is 0 Å². The predicted molar refractivity (Wildman–Crippen MR) is 79.5 cm³/mol. The van der Waals surface area contributed by atoms with Crippen molar-refractivity contribution in [2.24, 2.45) is 0 Å². The quantitative estimate of drug-likeness (QED) is 0.776. The molecule has 2 aliphatic rings. The number of sulfonamides is 1. The molecule has 2 fully saturated rings. The van der Waals surface area contributed by atoms with Gasteiger partial charge >= 0.3 is 6.09 Å². The summed E-state index contributed by atoms with van der Waals surface area (Å²) in [5.74, 6) is -0.421. The number of ether oxygens (including phenoxy) is 1. The summed E-state index contributed by atoms with van der Waals surface area (Å²) in [6.45, 7) is 0.0716.